The van der Waals surface area contributed by atoms with Gasteiger partial charge in [0.2, 0.25) is 5.58 Å². The summed E-state index contributed by atoms with van der Waals surface area (Å²) in [7, 11) is 0. The number of fused-ring (bicyclic) bond motifs is 1. The van der Waals surface area contributed by atoms with E-state index in [-0.39, 0.29) is 5.56 Å². The molecule has 1 fully saturated rings. The van der Waals surface area contributed by atoms with E-state index in [0.717, 1.165) is 18.2 Å². The van der Waals surface area contributed by atoms with Gasteiger partial charge < -0.3 is 4.42 Å². The van der Waals surface area contributed by atoms with Crippen molar-refractivity contribution in [3.8, 4) is 0 Å². The minimum Gasteiger partial charge on any atom is -0.458 e. The Morgan fingerprint density at radius 1 is 1.54 bits per heavy atom. The molecule has 2 aromatic rings. The molecule has 0 amide bonds. The van der Waals surface area contributed by atoms with Crippen LogP contribution in [0, 0.1) is 0 Å². The number of rotatable bonds is 1. The standard InChI is InChI=1S/C9H8N2O2/c12-9-8-6(3-4-13-8)5-10-11(9)7-1-2-7/h3-5,7H,1-2H2. The fourth-order valence-electron chi connectivity index (χ4n) is 1.45. The van der Waals surface area contributed by atoms with Crippen LogP contribution < -0.4 is 5.56 Å². The fraction of sp³-hybridized carbons (Fsp3) is 0.333. The minimum atomic E-state index is -0.106. The molecular weight excluding hydrogens is 168 g/mol. The third-order valence-electron chi connectivity index (χ3n) is 2.31. The average Bonchev–Trinajstić information content (AvgIpc) is 2.83. The molecule has 2 heterocycles. The summed E-state index contributed by atoms with van der Waals surface area (Å²) >= 11 is 0. The van der Waals surface area contributed by atoms with Crippen LogP contribution in [0.15, 0.2) is 27.7 Å². The number of furan rings is 1. The Kier molecular flexibility index (Phi) is 1.17. The van der Waals surface area contributed by atoms with Crippen LogP contribution >= 0.6 is 0 Å². The lowest BCUT2D eigenvalue weighted by Crippen LogP contribution is -2.20. The van der Waals surface area contributed by atoms with Gasteiger partial charge in [0, 0.05) is 5.39 Å². The molecule has 0 bridgehead atoms. The number of aromatic nitrogens is 2. The van der Waals surface area contributed by atoms with Gasteiger partial charge in [-0.3, -0.25) is 4.79 Å². The maximum Gasteiger partial charge on any atom is 0.310 e. The highest BCUT2D eigenvalue weighted by molar-refractivity contribution is 5.74. The number of nitrogens with zero attached hydrogens (tertiary/aromatic N) is 2. The van der Waals surface area contributed by atoms with E-state index in [0.29, 0.717) is 11.6 Å². The Morgan fingerprint density at radius 2 is 2.38 bits per heavy atom. The smallest absolute Gasteiger partial charge is 0.310 e. The Morgan fingerprint density at radius 3 is 3.15 bits per heavy atom. The van der Waals surface area contributed by atoms with Gasteiger partial charge in [-0.15, -0.1) is 0 Å². The van der Waals surface area contributed by atoms with Crippen molar-refractivity contribution in [2.24, 2.45) is 0 Å². The quantitative estimate of drug-likeness (QED) is 0.658. The molecule has 0 atom stereocenters. The Hall–Kier alpha value is -1.58. The van der Waals surface area contributed by atoms with Gasteiger partial charge in [0.15, 0.2) is 0 Å². The first-order chi connectivity index (χ1) is 6.36. The van der Waals surface area contributed by atoms with Gasteiger partial charge in [-0.2, -0.15) is 5.10 Å². The molecule has 0 N–H and O–H groups in total. The molecule has 2 aromatic heterocycles. The monoisotopic (exact) mass is 176 g/mol. The van der Waals surface area contributed by atoms with Crippen molar-refractivity contribution in [1.29, 1.82) is 0 Å². The molecular formula is C9H8N2O2. The van der Waals surface area contributed by atoms with Crippen LogP contribution in [0.4, 0.5) is 0 Å². The summed E-state index contributed by atoms with van der Waals surface area (Å²) < 4.78 is 6.61. The van der Waals surface area contributed by atoms with Gasteiger partial charge in [0.05, 0.1) is 18.5 Å². The molecule has 0 aromatic carbocycles. The zero-order valence-corrected chi connectivity index (χ0v) is 6.93. The molecule has 0 radical (unpaired) electrons. The molecule has 4 nitrogen and oxygen atoms in total. The zero-order valence-electron chi connectivity index (χ0n) is 6.93. The van der Waals surface area contributed by atoms with E-state index in [1.165, 1.54) is 10.9 Å². The molecule has 66 valence electrons. The van der Waals surface area contributed by atoms with E-state index in [1.807, 2.05) is 0 Å². The molecule has 0 unspecified atom stereocenters. The predicted octanol–water partition coefficient (Wildman–Crippen LogP) is 1.32. The SMILES string of the molecule is O=c1c2occc2cnn1C1CC1. The van der Waals surface area contributed by atoms with E-state index in [2.05, 4.69) is 5.10 Å². The van der Waals surface area contributed by atoms with Gasteiger partial charge >= 0.3 is 5.56 Å². The van der Waals surface area contributed by atoms with Crippen molar-refractivity contribution in [2.45, 2.75) is 18.9 Å². The van der Waals surface area contributed by atoms with Gasteiger partial charge in [0.25, 0.3) is 0 Å². The summed E-state index contributed by atoms with van der Waals surface area (Å²) in [6.07, 6.45) is 5.31. The Labute approximate surface area is 73.8 Å². The van der Waals surface area contributed by atoms with Crippen molar-refractivity contribution in [3.63, 3.8) is 0 Å². The lowest BCUT2D eigenvalue weighted by atomic mass is 10.4. The molecule has 0 aliphatic heterocycles. The highest BCUT2D eigenvalue weighted by Crippen LogP contribution is 2.32. The summed E-state index contributed by atoms with van der Waals surface area (Å²) in [5.74, 6) is 0. The second kappa shape index (κ2) is 2.22. The molecule has 0 spiro atoms. The Balaban J connectivity index is 2.37. The number of hydrogen-bond donors (Lipinski definition) is 0. The van der Waals surface area contributed by atoms with Crippen LogP contribution in [0.2, 0.25) is 0 Å². The van der Waals surface area contributed by atoms with Crippen molar-refractivity contribution in [1.82, 2.24) is 9.78 Å². The first-order valence-electron chi connectivity index (χ1n) is 4.31. The Bertz CT molecular complexity index is 508. The van der Waals surface area contributed by atoms with Crippen LogP contribution in [0.5, 0.6) is 0 Å². The van der Waals surface area contributed by atoms with Crippen LogP contribution in [-0.2, 0) is 0 Å². The van der Waals surface area contributed by atoms with E-state index in [9.17, 15) is 4.79 Å². The molecule has 1 aliphatic carbocycles. The maximum absolute atomic E-state index is 11.7. The van der Waals surface area contributed by atoms with Crippen molar-refractivity contribution < 1.29 is 4.42 Å². The lowest BCUT2D eigenvalue weighted by molar-refractivity contribution is 0.567. The molecule has 1 aliphatic rings. The van der Waals surface area contributed by atoms with E-state index in [4.69, 9.17) is 4.42 Å². The molecule has 0 saturated heterocycles. The second-order valence-electron chi connectivity index (χ2n) is 3.33. The van der Waals surface area contributed by atoms with E-state index >= 15 is 0 Å². The minimum absolute atomic E-state index is 0.106. The molecule has 3 rings (SSSR count). The topological polar surface area (TPSA) is 48.0 Å². The van der Waals surface area contributed by atoms with Gasteiger partial charge in [0.1, 0.15) is 0 Å². The summed E-state index contributed by atoms with van der Waals surface area (Å²) in [4.78, 5) is 11.7. The molecule has 13 heavy (non-hydrogen) atoms. The van der Waals surface area contributed by atoms with Crippen molar-refractivity contribution in [2.75, 3.05) is 0 Å². The lowest BCUT2D eigenvalue weighted by Gasteiger charge is -1.98. The first kappa shape index (κ1) is 6.88. The highest BCUT2D eigenvalue weighted by Gasteiger charge is 2.26. The fourth-order valence-corrected chi connectivity index (χ4v) is 1.45. The van der Waals surface area contributed by atoms with Gasteiger partial charge in [-0.05, 0) is 18.9 Å². The third-order valence-corrected chi connectivity index (χ3v) is 2.31. The molecule has 1 saturated carbocycles. The normalized spacial score (nSPS) is 16.6. The predicted molar refractivity (Wildman–Crippen MR) is 46.5 cm³/mol. The second-order valence-corrected chi connectivity index (χ2v) is 3.33. The van der Waals surface area contributed by atoms with Crippen LogP contribution in [0.1, 0.15) is 18.9 Å². The summed E-state index contributed by atoms with van der Waals surface area (Å²) in [5.41, 5.74) is 0.312. The van der Waals surface area contributed by atoms with Crippen molar-refractivity contribution in [3.05, 3.63) is 28.9 Å². The third kappa shape index (κ3) is 0.915. The summed E-state index contributed by atoms with van der Waals surface area (Å²) in [5, 5.41) is 4.86. The average molecular weight is 176 g/mol. The van der Waals surface area contributed by atoms with E-state index < -0.39 is 0 Å². The summed E-state index contributed by atoms with van der Waals surface area (Å²) in [6, 6.07) is 2.06. The van der Waals surface area contributed by atoms with Crippen LogP contribution in [0.3, 0.4) is 0 Å². The maximum atomic E-state index is 11.7. The van der Waals surface area contributed by atoms with Gasteiger partial charge in [-0.1, -0.05) is 0 Å². The summed E-state index contributed by atoms with van der Waals surface area (Å²) in [6.45, 7) is 0. The number of hydrogen-bond acceptors (Lipinski definition) is 3. The van der Waals surface area contributed by atoms with Gasteiger partial charge in [-0.25, -0.2) is 4.68 Å². The first-order valence-corrected chi connectivity index (χ1v) is 4.31. The van der Waals surface area contributed by atoms with Crippen LogP contribution in [0.25, 0.3) is 11.0 Å². The highest BCUT2D eigenvalue weighted by atomic mass is 16.3. The van der Waals surface area contributed by atoms with Crippen molar-refractivity contribution >= 4 is 11.0 Å². The van der Waals surface area contributed by atoms with E-state index in [1.54, 1.807) is 12.3 Å². The zero-order chi connectivity index (χ0) is 8.84. The largest absolute Gasteiger partial charge is 0.458 e. The van der Waals surface area contributed by atoms with Crippen LogP contribution in [-0.4, -0.2) is 9.78 Å². The molecule has 4 heteroatoms.